The van der Waals surface area contributed by atoms with Crippen LogP contribution in [0.4, 0.5) is 0 Å². The molecule has 0 fully saturated rings. The molecule has 0 aliphatic carbocycles. The monoisotopic (exact) mass is 236 g/mol. The summed E-state index contributed by atoms with van der Waals surface area (Å²) < 4.78 is 0.749. The third-order valence-electron chi connectivity index (χ3n) is 1.75. The van der Waals surface area contributed by atoms with Crippen LogP contribution in [0.25, 0.3) is 0 Å². The molecule has 1 rings (SSSR count). The van der Waals surface area contributed by atoms with Crippen LogP contribution < -0.4 is 0 Å². The van der Waals surface area contributed by atoms with Crippen molar-refractivity contribution in [2.45, 2.75) is 18.9 Å². The van der Waals surface area contributed by atoms with Crippen molar-refractivity contribution in [2.24, 2.45) is 0 Å². The SMILES string of the molecule is CSCCCC(O)c1ccc(Cl)s1. The van der Waals surface area contributed by atoms with Crippen LogP contribution in [-0.4, -0.2) is 17.1 Å². The highest BCUT2D eigenvalue weighted by Crippen LogP contribution is 2.29. The van der Waals surface area contributed by atoms with E-state index < -0.39 is 0 Å². The molecule has 0 radical (unpaired) electrons. The van der Waals surface area contributed by atoms with Gasteiger partial charge in [0, 0.05) is 4.88 Å². The van der Waals surface area contributed by atoms with E-state index in [0.717, 1.165) is 27.8 Å². The van der Waals surface area contributed by atoms with Crippen molar-refractivity contribution < 1.29 is 5.11 Å². The van der Waals surface area contributed by atoms with Gasteiger partial charge in [0.05, 0.1) is 10.4 Å². The lowest BCUT2D eigenvalue weighted by atomic mass is 10.2. The van der Waals surface area contributed by atoms with E-state index >= 15 is 0 Å². The molecular formula is C9H13ClOS2. The molecule has 0 bridgehead atoms. The zero-order chi connectivity index (χ0) is 9.68. The number of aliphatic hydroxyl groups excluding tert-OH is 1. The number of hydrogen-bond acceptors (Lipinski definition) is 3. The quantitative estimate of drug-likeness (QED) is 0.789. The van der Waals surface area contributed by atoms with Crippen LogP contribution in [0.1, 0.15) is 23.8 Å². The fourth-order valence-electron chi connectivity index (χ4n) is 1.07. The van der Waals surface area contributed by atoms with Gasteiger partial charge in [-0.15, -0.1) is 11.3 Å². The van der Waals surface area contributed by atoms with Crippen molar-refractivity contribution in [1.29, 1.82) is 0 Å². The number of rotatable bonds is 5. The molecule has 1 aromatic heterocycles. The third kappa shape index (κ3) is 3.90. The van der Waals surface area contributed by atoms with Gasteiger partial charge in [-0.05, 0) is 37.0 Å². The highest BCUT2D eigenvalue weighted by atomic mass is 35.5. The molecule has 4 heteroatoms. The minimum Gasteiger partial charge on any atom is -0.388 e. The van der Waals surface area contributed by atoms with E-state index in [2.05, 4.69) is 6.26 Å². The Morgan fingerprint density at radius 3 is 2.92 bits per heavy atom. The van der Waals surface area contributed by atoms with Crippen LogP contribution in [-0.2, 0) is 0 Å². The van der Waals surface area contributed by atoms with Gasteiger partial charge in [-0.25, -0.2) is 0 Å². The van der Waals surface area contributed by atoms with Gasteiger partial charge in [0.1, 0.15) is 0 Å². The van der Waals surface area contributed by atoms with Gasteiger partial charge in [0.15, 0.2) is 0 Å². The van der Waals surface area contributed by atoms with Crippen molar-refractivity contribution in [2.75, 3.05) is 12.0 Å². The molecule has 74 valence electrons. The molecule has 0 spiro atoms. The summed E-state index contributed by atoms with van der Waals surface area (Å²) in [5, 5.41) is 9.70. The summed E-state index contributed by atoms with van der Waals surface area (Å²) in [5.41, 5.74) is 0. The van der Waals surface area contributed by atoms with E-state index in [1.54, 1.807) is 0 Å². The second kappa shape index (κ2) is 5.91. The predicted octanol–water partition coefficient (Wildman–Crippen LogP) is 3.58. The zero-order valence-corrected chi connectivity index (χ0v) is 9.88. The maximum atomic E-state index is 9.70. The molecule has 0 saturated carbocycles. The number of thiophene rings is 1. The first-order valence-corrected chi connectivity index (χ1v) is 6.75. The Morgan fingerprint density at radius 1 is 1.62 bits per heavy atom. The highest BCUT2D eigenvalue weighted by Gasteiger charge is 2.09. The molecule has 1 aromatic rings. The van der Waals surface area contributed by atoms with Crippen LogP contribution in [0.2, 0.25) is 4.34 Å². The van der Waals surface area contributed by atoms with Crippen LogP contribution in [0, 0.1) is 0 Å². The highest BCUT2D eigenvalue weighted by molar-refractivity contribution is 7.98. The second-order valence-electron chi connectivity index (χ2n) is 2.79. The number of hydrogen-bond donors (Lipinski definition) is 1. The average Bonchev–Trinajstić information content (AvgIpc) is 2.52. The first-order valence-electron chi connectivity index (χ1n) is 4.16. The Kier molecular flexibility index (Phi) is 5.17. The van der Waals surface area contributed by atoms with Crippen LogP contribution in [0.15, 0.2) is 12.1 Å². The summed E-state index contributed by atoms with van der Waals surface area (Å²) in [6.07, 6.45) is 3.63. The number of halogens is 1. The molecule has 0 aliphatic heterocycles. The Balaban J connectivity index is 2.35. The summed E-state index contributed by atoms with van der Waals surface area (Å²) in [6, 6.07) is 3.73. The molecule has 1 nitrogen and oxygen atoms in total. The van der Waals surface area contributed by atoms with Gasteiger partial charge in [0.2, 0.25) is 0 Å². The fourth-order valence-corrected chi connectivity index (χ4v) is 2.61. The topological polar surface area (TPSA) is 20.2 Å². The van der Waals surface area contributed by atoms with Gasteiger partial charge in [0.25, 0.3) is 0 Å². The normalized spacial score (nSPS) is 13.2. The third-order valence-corrected chi connectivity index (χ3v) is 3.78. The molecule has 0 amide bonds. The molecule has 1 atom stereocenters. The van der Waals surface area contributed by atoms with E-state index in [4.69, 9.17) is 11.6 Å². The Labute approximate surface area is 92.1 Å². The van der Waals surface area contributed by atoms with E-state index in [0.29, 0.717) is 0 Å². The van der Waals surface area contributed by atoms with Gasteiger partial charge in [-0.1, -0.05) is 11.6 Å². The maximum Gasteiger partial charge on any atom is 0.0932 e. The van der Waals surface area contributed by atoms with Crippen LogP contribution >= 0.6 is 34.7 Å². The zero-order valence-electron chi connectivity index (χ0n) is 7.50. The molecule has 0 aromatic carbocycles. The average molecular weight is 237 g/mol. The Morgan fingerprint density at radius 2 is 2.38 bits per heavy atom. The molecule has 0 aliphatic rings. The van der Waals surface area contributed by atoms with E-state index in [9.17, 15) is 5.11 Å². The second-order valence-corrected chi connectivity index (χ2v) is 5.52. The molecular weight excluding hydrogens is 224 g/mol. The van der Waals surface area contributed by atoms with Gasteiger partial charge in [-0.3, -0.25) is 0 Å². The van der Waals surface area contributed by atoms with Gasteiger partial charge < -0.3 is 5.11 Å². The number of thioether (sulfide) groups is 1. The summed E-state index contributed by atoms with van der Waals surface area (Å²) >= 11 is 9.04. The lowest BCUT2D eigenvalue weighted by Gasteiger charge is -2.06. The van der Waals surface area contributed by atoms with E-state index in [1.807, 2.05) is 23.9 Å². The first-order chi connectivity index (χ1) is 6.24. The largest absolute Gasteiger partial charge is 0.388 e. The van der Waals surface area contributed by atoms with Crippen LogP contribution in [0.5, 0.6) is 0 Å². The van der Waals surface area contributed by atoms with Gasteiger partial charge >= 0.3 is 0 Å². The summed E-state index contributed by atoms with van der Waals surface area (Å²) in [4.78, 5) is 0.978. The number of aliphatic hydroxyl groups is 1. The molecule has 1 N–H and O–H groups in total. The maximum absolute atomic E-state index is 9.70. The lowest BCUT2D eigenvalue weighted by molar-refractivity contribution is 0.170. The van der Waals surface area contributed by atoms with Crippen molar-refractivity contribution in [3.63, 3.8) is 0 Å². The Bertz CT molecular complexity index is 250. The van der Waals surface area contributed by atoms with Crippen molar-refractivity contribution >= 4 is 34.7 Å². The van der Waals surface area contributed by atoms with Gasteiger partial charge in [-0.2, -0.15) is 11.8 Å². The molecule has 1 heterocycles. The summed E-state index contributed by atoms with van der Waals surface area (Å²) in [6.45, 7) is 0. The lowest BCUT2D eigenvalue weighted by Crippen LogP contribution is -1.94. The van der Waals surface area contributed by atoms with Crippen molar-refractivity contribution in [3.05, 3.63) is 21.3 Å². The molecule has 13 heavy (non-hydrogen) atoms. The molecule has 1 unspecified atom stereocenters. The Hall–Kier alpha value is 0.300. The van der Waals surface area contributed by atoms with E-state index in [-0.39, 0.29) is 6.10 Å². The summed E-state index contributed by atoms with van der Waals surface area (Å²) in [7, 11) is 0. The van der Waals surface area contributed by atoms with Crippen LogP contribution in [0.3, 0.4) is 0 Å². The minimum atomic E-state index is -0.329. The van der Waals surface area contributed by atoms with Crippen molar-refractivity contribution in [1.82, 2.24) is 0 Å². The standard InChI is InChI=1S/C9H13ClOS2/c1-12-6-2-3-7(11)8-4-5-9(10)13-8/h4-5,7,11H,2-3,6H2,1H3. The minimum absolute atomic E-state index is 0.329. The first kappa shape index (κ1) is 11.4. The molecule has 0 saturated heterocycles. The summed E-state index contributed by atoms with van der Waals surface area (Å²) in [5.74, 6) is 1.11. The van der Waals surface area contributed by atoms with Crippen molar-refractivity contribution in [3.8, 4) is 0 Å². The van der Waals surface area contributed by atoms with E-state index in [1.165, 1.54) is 11.3 Å². The smallest absolute Gasteiger partial charge is 0.0932 e. The fraction of sp³-hybridized carbons (Fsp3) is 0.556. The predicted molar refractivity (Wildman–Crippen MR) is 61.9 cm³/mol.